The molecule has 3 heterocycles. The predicted molar refractivity (Wildman–Crippen MR) is 133 cm³/mol. The van der Waals surface area contributed by atoms with E-state index >= 15 is 0 Å². The Hall–Kier alpha value is -2.88. The number of benzene rings is 1. The van der Waals surface area contributed by atoms with E-state index in [4.69, 9.17) is 5.73 Å². The lowest BCUT2D eigenvalue weighted by Gasteiger charge is -2.33. The standard InChI is InChI=1S/C22H27FN6O.C3H8O/c1-14-18(11-24)22(26-16-4-2-7-29(13-16)8-3-9-30)28-27-21(14)15-5-6-17-19(23)12-25-20(17)10-15;1-3-4-2/h5-6,9-10,12,16,25H,2-4,7-8,11,13,24H2,1H3,(H,26,28);3H2,1-2H3. The second-order valence-electron chi connectivity index (χ2n) is 8.42. The maximum absolute atomic E-state index is 13.7. The number of hydrogen-bond donors (Lipinski definition) is 3. The normalized spacial score (nSPS) is 16.2. The van der Waals surface area contributed by atoms with E-state index in [-0.39, 0.29) is 11.9 Å². The number of piperidine rings is 1. The third-order valence-electron chi connectivity index (χ3n) is 6.15. The number of aromatic nitrogens is 3. The molecule has 0 aliphatic carbocycles. The summed E-state index contributed by atoms with van der Waals surface area (Å²) in [5, 5.41) is 13.0. The summed E-state index contributed by atoms with van der Waals surface area (Å²) in [5.41, 5.74) is 10.3. The lowest BCUT2D eigenvalue weighted by Crippen LogP contribution is -2.42. The number of fused-ring (bicyclic) bond motifs is 1. The molecule has 3 aromatic rings. The van der Waals surface area contributed by atoms with Crippen molar-refractivity contribution < 1.29 is 13.9 Å². The number of nitrogens with zero attached hydrogens (tertiary/aromatic N) is 3. The number of nitrogens with two attached hydrogens (primary N) is 1. The topological polar surface area (TPSA) is 109 Å². The lowest BCUT2D eigenvalue weighted by molar-refractivity contribution is -0.108. The van der Waals surface area contributed by atoms with Crippen molar-refractivity contribution in [1.82, 2.24) is 20.1 Å². The summed E-state index contributed by atoms with van der Waals surface area (Å²) in [5.74, 6) is 0.448. The molecule has 1 atom stereocenters. The molecule has 184 valence electrons. The van der Waals surface area contributed by atoms with E-state index in [1.807, 2.05) is 26.0 Å². The molecular formula is C25H35FN6O2. The van der Waals surface area contributed by atoms with Gasteiger partial charge >= 0.3 is 0 Å². The fourth-order valence-corrected chi connectivity index (χ4v) is 4.24. The Labute approximate surface area is 200 Å². The molecule has 1 aliphatic rings. The number of hydrogen-bond acceptors (Lipinski definition) is 7. The average molecular weight is 471 g/mol. The van der Waals surface area contributed by atoms with Gasteiger partial charge in [0.1, 0.15) is 12.1 Å². The first-order valence-electron chi connectivity index (χ1n) is 11.8. The predicted octanol–water partition coefficient (Wildman–Crippen LogP) is 3.65. The van der Waals surface area contributed by atoms with Crippen LogP contribution in [0, 0.1) is 12.7 Å². The molecule has 1 unspecified atom stereocenters. The molecule has 1 aromatic carbocycles. The number of aldehydes is 1. The fourth-order valence-electron chi connectivity index (χ4n) is 4.24. The molecule has 0 amide bonds. The zero-order chi connectivity index (χ0) is 24.5. The second kappa shape index (κ2) is 12.5. The van der Waals surface area contributed by atoms with Crippen LogP contribution < -0.4 is 11.1 Å². The van der Waals surface area contributed by atoms with Crippen LogP contribution in [-0.2, 0) is 16.1 Å². The molecule has 9 heteroatoms. The van der Waals surface area contributed by atoms with Crippen molar-refractivity contribution in [3.05, 3.63) is 41.3 Å². The molecule has 0 saturated carbocycles. The van der Waals surface area contributed by atoms with Crippen LogP contribution in [0.2, 0.25) is 0 Å². The Kier molecular flexibility index (Phi) is 9.50. The van der Waals surface area contributed by atoms with E-state index < -0.39 is 0 Å². The number of methoxy groups -OCH3 is 1. The van der Waals surface area contributed by atoms with Crippen molar-refractivity contribution in [2.24, 2.45) is 5.73 Å². The summed E-state index contributed by atoms with van der Waals surface area (Å²) in [4.78, 5) is 15.9. The Morgan fingerprint density at radius 1 is 1.38 bits per heavy atom. The van der Waals surface area contributed by atoms with Crippen molar-refractivity contribution in [1.29, 1.82) is 0 Å². The molecule has 1 aliphatic heterocycles. The molecule has 4 rings (SSSR count). The van der Waals surface area contributed by atoms with Gasteiger partial charge in [-0.25, -0.2) is 4.39 Å². The number of carbonyl (C=O) groups is 1. The minimum absolute atomic E-state index is 0.244. The molecule has 2 aromatic heterocycles. The largest absolute Gasteiger partial charge is 0.385 e. The first-order chi connectivity index (χ1) is 16.5. The van der Waals surface area contributed by atoms with Gasteiger partial charge < -0.3 is 30.5 Å². The Balaban J connectivity index is 0.000000751. The van der Waals surface area contributed by atoms with E-state index in [2.05, 4.69) is 30.1 Å². The van der Waals surface area contributed by atoms with Crippen LogP contribution in [0.1, 0.15) is 37.3 Å². The van der Waals surface area contributed by atoms with Gasteiger partial charge in [-0.3, -0.25) is 0 Å². The van der Waals surface area contributed by atoms with Gasteiger partial charge in [-0.2, -0.15) is 0 Å². The Morgan fingerprint density at radius 2 is 2.18 bits per heavy atom. The molecule has 0 spiro atoms. The third kappa shape index (κ3) is 6.16. The molecule has 1 fully saturated rings. The van der Waals surface area contributed by atoms with Crippen LogP contribution in [0.3, 0.4) is 0 Å². The van der Waals surface area contributed by atoms with E-state index in [1.54, 1.807) is 13.2 Å². The van der Waals surface area contributed by atoms with Gasteiger partial charge in [0.15, 0.2) is 5.82 Å². The van der Waals surface area contributed by atoms with Crippen LogP contribution in [-0.4, -0.2) is 65.8 Å². The van der Waals surface area contributed by atoms with Crippen LogP contribution >= 0.6 is 0 Å². The summed E-state index contributed by atoms with van der Waals surface area (Å²) >= 11 is 0. The van der Waals surface area contributed by atoms with Crippen molar-refractivity contribution >= 4 is 23.0 Å². The van der Waals surface area contributed by atoms with Crippen LogP contribution in [0.5, 0.6) is 0 Å². The average Bonchev–Trinajstić information content (AvgIpc) is 3.23. The van der Waals surface area contributed by atoms with Gasteiger partial charge in [0, 0.05) is 74.0 Å². The van der Waals surface area contributed by atoms with E-state index in [9.17, 15) is 9.18 Å². The smallest absolute Gasteiger partial charge is 0.153 e. The number of rotatable bonds is 8. The molecular weight excluding hydrogens is 435 g/mol. The number of likely N-dealkylation sites (tertiary alicyclic amines) is 1. The van der Waals surface area contributed by atoms with Gasteiger partial charge in [0.25, 0.3) is 0 Å². The minimum Gasteiger partial charge on any atom is -0.385 e. The molecule has 8 nitrogen and oxygen atoms in total. The number of aromatic amines is 1. The SMILES string of the molecule is CCOC.Cc1c(-c2ccc3c(F)c[nH]c3c2)nnc(NC2CCCN(CCC=O)C2)c1CN. The monoisotopic (exact) mass is 470 g/mol. The lowest BCUT2D eigenvalue weighted by atomic mass is 10.0. The number of carbonyl (C=O) groups excluding carboxylic acids is 1. The molecule has 1 saturated heterocycles. The second-order valence-corrected chi connectivity index (χ2v) is 8.42. The number of anilines is 1. The highest BCUT2D eigenvalue weighted by Gasteiger charge is 2.22. The maximum atomic E-state index is 13.7. The van der Waals surface area contributed by atoms with Gasteiger partial charge in [-0.15, -0.1) is 10.2 Å². The first-order valence-corrected chi connectivity index (χ1v) is 11.8. The van der Waals surface area contributed by atoms with Gasteiger partial charge in [-0.1, -0.05) is 6.07 Å². The van der Waals surface area contributed by atoms with E-state index in [0.29, 0.717) is 24.2 Å². The third-order valence-corrected chi connectivity index (χ3v) is 6.15. The first kappa shape index (κ1) is 25.7. The molecule has 0 bridgehead atoms. The van der Waals surface area contributed by atoms with Gasteiger partial charge in [0.05, 0.1) is 5.69 Å². The summed E-state index contributed by atoms with van der Waals surface area (Å²) in [6.07, 6.45) is 5.00. The van der Waals surface area contributed by atoms with Crippen molar-refractivity contribution in [3.63, 3.8) is 0 Å². The van der Waals surface area contributed by atoms with Crippen LogP contribution in [0.25, 0.3) is 22.2 Å². The van der Waals surface area contributed by atoms with Gasteiger partial charge in [-0.05, 0) is 50.9 Å². The van der Waals surface area contributed by atoms with Crippen molar-refractivity contribution in [3.8, 4) is 11.3 Å². The summed E-state index contributed by atoms with van der Waals surface area (Å²) in [6.45, 7) is 7.79. The Bertz CT molecular complexity index is 1080. The molecule has 34 heavy (non-hydrogen) atoms. The van der Waals surface area contributed by atoms with E-state index in [0.717, 1.165) is 73.3 Å². The minimum atomic E-state index is -0.267. The van der Waals surface area contributed by atoms with E-state index in [1.165, 1.54) is 6.20 Å². The van der Waals surface area contributed by atoms with Crippen molar-refractivity contribution in [2.75, 3.05) is 38.7 Å². The summed E-state index contributed by atoms with van der Waals surface area (Å²) in [7, 11) is 1.68. The zero-order valence-electron chi connectivity index (χ0n) is 20.2. The highest BCUT2D eigenvalue weighted by Crippen LogP contribution is 2.30. The van der Waals surface area contributed by atoms with Crippen molar-refractivity contribution in [2.45, 2.75) is 45.7 Å². The highest BCUT2D eigenvalue weighted by atomic mass is 19.1. The fraction of sp³-hybridized carbons (Fsp3) is 0.480. The quantitative estimate of drug-likeness (QED) is 0.431. The zero-order valence-corrected chi connectivity index (χ0v) is 20.2. The number of ether oxygens (including phenoxy) is 1. The van der Waals surface area contributed by atoms with Crippen LogP contribution in [0.4, 0.5) is 10.2 Å². The number of halogens is 1. The van der Waals surface area contributed by atoms with Crippen LogP contribution in [0.15, 0.2) is 24.4 Å². The number of H-pyrrole nitrogens is 1. The number of nitrogens with one attached hydrogen (secondary N) is 2. The Morgan fingerprint density at radius 3 is 2.88 bits per heavy atom. The molecule has 0 radical (unpaired) electrons. The maximum Gasteiger partial charge on any atom is 0.153 e. The van der Waals surface area contributed by atoms with Gasteiger partial charge in [0.2, 0.25) is 0 Å². The highest BCUT2D eigenvalue weighted by molar-refractivity contribution is 5.85. The molecule has 4 N–H and O–H groups in total. The summed E-state index contributed by atoms with van der Waals surface area (Å²) < 4.78 is 18.3. The summed E-state index contributed by atoms with van der Waals surface area (Å²) in [6, 6.07) is 5.74.